The summed E-state index contributed by atoms with van der Waals surface area (Å²) in [6.45, 7) is 7.25. The Hall–Kier alpha value is -0.346. The van der Waals surface area contributed by atoms with Crippen LogP contribution in [0.15, 0.2) is 30.3 Å². The van der Waals surface area contributed by atoms with E-state index in [9.17, 15) is 0 Å². The highest BCUT2D eigenvalue weighted by atomic mass is 28.3. The Kier molecular flexibility index (Phi) is 4.46. The van der Waals surface area contributed by atoms with E-state index in [1.165, 1.54) is 12.1 Å². The van der Waals surface area contributed by atoms with E-state index in [0.29, 0.717) is 0 Å². The first-order chi connectivity index (χ1) is 6.20. The Labute approximate surface area is 85.2 Å². The second kappa shape index (κ2) is 5.40. The van der Waals surface area contributed by atoms with Crippen LogP contribution in [0, 0.1) is 0 Å². The summed E-state index contributed by atoms with van der Waals surface area (Å²) in [5.74, 6) is 0. The molecule has 0 saturated heterocycles. The van der Waals surface area contributed by atoms with Crippen LogP contribution in [0.3, 0.4) is 0 Å². The highest BCUT2D eigenvalue weighted by Gasteiger charge is 2.07. The summed E-state index contributed by atoms with van der Waals surface area (Å²) < 4.78 is 0. The van der Waals surface area contributed by atoms with Crippen molar-refractivity contribution < 1.29 is 0 Å². The lowest BCUT2D eigenvalue weighted by atomic mass is 10.4. The summed E-state index contributed by atoms with van der Waals surface area (Å²) >= 11 is 0. The molecule has 0 unspecified atom stereocenters. The van der Waals surface area contributed by atoms with Crippen LogP contribution in [0.1, 0.15) is 0 Å². The lowest BCUT2D eigenvalue weighted by Gasteiger charge is -2.10. The SMILES string of the molecule is C[Si](C)CC[Si](C)c1ccccc1. The number of hydrogen-bond acceptors (Lipinski definition) is 0. The topological polar surface area (TPSA) is 0 Å². The molecule has 0 aliphatic rings. The summed E-state index contributed by atoms with van der Waals surface area (Å²) in [6, 6.07) is 13.9. The molecule has 0 heterocycles. The molecule has 0 saturated carbocycles. The summed E-state index contributed by atoms with van der Waals surface area (Å²) in [7, 11) is -0.248. The van der Waals surface area contributed by atoms with Crippen molar-refractivity contribution in [1.82, 2.24) is 0 Å². The van der Waals surface area contributed by atoms with Crippen molar-refractivity contribution in [3.63, 3.8) is 0 Å². The molecule has 0 aliphatic carbocycles. The van der Waals surface area contributed by atoms with E-state index in [1.807, 2.05) is 0 Å². The summed E-state index contributed by atoms with van der Waals surface area (Å²) in [5, 5.41) is 1.59. The zero-order valence-corrected chi connectivity index (χ0v) is 10.8. The van der Waals surface area contributed by atoms with Crippen molar-refractivity contribution in [3.8, 4) is 0 Å². The Morgan fingerprint density at radius 2 is 1.54 bits per heavy atom. The van der Waals surface area contributed by atoms with E-state index in [-0.39, 0.29) is 17.6 Å². The molecule has 0 nitrogen and oxygen atoms in total. The maximum absolute atomic E-state index is 2.44. The molecule has 1 aromatic carbocycles. The van der Waals surface area contributed by atoms with Gasteiger partial charge in [-0.1, -0.05) is 67.2 Å². The standard InChI is InChI=1S/C11H18Si2/c1-12(2)9-10-13(3)11-7-5-4-6-8-11/h4-8H,9-10H2,1-3H3. The Morgan fingerprint density at radius 1 is 0.923 bits per heavy atom. The number of hydrogen-bond donors (Lipinski definition) is 0. The molecule has 2 heteroatoms. The minimum absolute atomic E-state index is 0.0113. The lowest BCUT2D eigenvalue weighted by Crippen LogP contribution is -2.26. The van der Waals surface area contributed by atoms with Gasteiger partial charge in [0.2, 0.25) is 0 Å². The molecule has 1 rings (SSSR count). The highest BCUT2D eigenvalue weighted by molar-refractivity contribution is 6.73. The zero-order valence-electron chi connectivity index (χ0n) is 8.80. The first-order valence-electron chi connectivity index (χ1n) is 4.87. The van der Waals surface area contributed by atoms with Gasteiger partial charge in [-0.05, 0) is 0 Å². The second-order valence-corrected chi connectivity index (χ2v) is 9.41. The molecular formula is C11H18Si2. The van der Waals surface area contributed by atoms with Crippen molar-refractivity contribution in [2.45, 2.75) is 31.7 Å². The molecule has 0 fully saturated rings. The molecule has 1 aromatic rings. The second-order valence-electron chi connectivity index (χ2n) is 3.85. The smallest absolute Gasteiger partial charge is 0.0713 e. The molecule has 70 valence electrons. The molecule has 0 spiro atoms. The fraction of sp³-hybridized carbons (Fsp3) is 0.455. The normalized spacial score (nSPS) is 11.2. The number of rotatable bonds is 4. The first kappa shape index (κ1) is 10.7. The predicted octanol–water partition coefficient (Wildman–Crippen LogP) is 2.77. The number of benzene rings is 1. The lowest BCUT2D eigenvalue weighted by molar-refractivity contribution is 1.36. The third-order valence-electron chi connectivity index (χ3n) is 2.27. The van der Waals surface area contributed by atoms with Crippen LogP contribution in [0.2, 0.25) is 31.7 Å². The van der Waals surface area contributed by atoms with Crippen LogP contribution in [-0.2, 0) is 0 Å². The molecule has 2 radical (unpaired) electrons. The summed E-state index contributed by atoms with van der Waals surface area (Å²) in [5.41, 5.74) is 0. The van der Waals surface area contributed by atoms with Crippen LogP contribution in [-0.4, -0.2) is 17.6 Å². The monoisotopic (exact) mass is 206 g/mol. The molecule has 0 N–H and O–H groups in total. The fourth-order valence-electron chi connectivity index (χ4n) is 1.30. The van der Waals surface area contributed by atoms with Gasteiger partial charge in [-0.15, -0.1) is 0 Å². The Morgan fingerprint density at radius 3 is 2.08 bits per heavy atom. The van der Waals surface area contributed by atoms with Crippen molar-refractivity contribution in [2.24, 2.45) is 0 Å². The van der Waals surface area contributed by atoms with Crippen molar-refractivity contribution in [1.29, 1.82) is 0 Å². The molecule has 0 bridgehead atoms. The van der Waals surface area contributed by atoms with Crippen molar-refractivity contribution >= 4 is 22.8 Å². The third-order valence-corrected chi connectivity index (χ3v) is 6.34. The van der Waals surface area contributed by atoms with Gasteiger partial charge < -0.3 is 0 Å². The van der Waals surface area contributed by atoms with Gasteiger partial charge in [0.05, 0.1) is 8.80 Å². The zero-order chi connectivity index (χ0) is 9.68. The van der Waals surface area contributed by atoms with Crippen molar-refractivity contribution in [3.05, 3.63) is 30.3 Å². The minimum Gasteiger partial charge on any atom is -0.0713 e. The Balaban J connectivity index is 2.44. The van der Waals surface area contributed by atoms with E-state index in [0.717, 1.165) is 0 Å². The van der Waals surface area contributed by atoms with E-state index in [4.69, 9.17) is 0 Å². The molecule has 0 atom stereocenters. The van der Waals surface area contributed by atoms with Crippen molar-refractivity contribution in [2.75, 3.05) is 0 Å². The van der Waals surface area contributed by atoms with E-state index in [1.54, 1.807) is 5.19 Å². The predicted molar refractivity (Wildman–Crippen MR) is 64.8 cm³/mol. The minimum atomic E-state index is -0.237. The average molecular weight is 206 g/mol. The average Bonchev–Trinajstić information content (AvgIpc) is 2.15. The first-order valence-corrected chi connectivity index (χ1v) is 9.78. The fourth-order valence-corrected chi connectivity index (χ4v) is 5.85. The maximum atomic E-state index is 2.44. The quantitative estimate of drug-likeness (QED) is 0.665. The summed E-state index contributed by atoms with van der Waals surface area (Å²) in [4.78, 5) is 0. The highest BCUT2D eigenvalue weighted by Crippen LogP contribution is 2.03. The summed E-state index contributed by atoms with van der Waals surface area (Å²) in [6.07, 6.45) is 0. The van der Waals surface area contributed by atoms with E-state index >= 15 is 0 Å². The van der Waals surface area contributed by atoms with Crippen LogP contribution >= 0.6 is 0 Å². The Bertz CT molecular complexity index is 231. The third kappa shape index (κ3) is 3.92. The van der Waals surface area contributed by atoms with Crippen LogP contribution in [0.5, 0.6) is 0 Å². The van der Waals surface area contributed by atoms with Gasteiger partial charge >= 0.3 is 0 Å². The van der Waals surface area contributed by atoms with Gasteiger partial charge in [0.15, 0.2) is 0 Å². The van der Waals surface area contributed by atoms with Gasteiger partial charge in [0.25, 0.3) is 0 Å². The molecule has 0 aliphatic heterocycles. The van der Waals surface area contributed by atoms with E-state index < -0.39 is 0 Å². The molecular weight excluding hydrogens is 188 g/mol. The maximum Gasteiger partial charge on any atom is 0.0821 e. The van der Waals surface area contributed by atoms with Crippen LogP contribution < -0.4 is 5.19 Å². The van der Waals surface area contributed by atoms with E-state index in [2.05, 4.69) is 50.0 Å². The molecule has 13 heavy (non-hydrogen) atoms. The molecule has 0 amide bonds. The van der Waals surface area contributed by atoms with Crippen LogP contribution in [0.4, 0.5) is 0 Å². The molecule has 0 aromatic heterocycles. The van der Waals surface area contributed by atoms with Gasteiger partial charge in [-0.3, -0.25) is 0 Å². The van der Waals surface area contributed by atoms with Gasteiger partial charge in [0, 0.05) is 8.80 Å². The van der Waals surface area contributed by atoms with Crippen LogP contribution in [0.25, 0.3) is 0 Å². The van der Waals surface area contributed by atoms with Gasteiger partial charge in [-0.2, -0.15) is 0 Å². The van der Waals surface area contributed by atoms with Gasteiger partial charge in [0.1, 0.15) is 0 Å². The largest absolute Gasteiger partial charge is 0.0821 e. The van der Waals surface area contributed by atoms with Gasteiger partial charge in [-0.25, -0.2) is 0 Å².